The van der Waals surface area contributed by atoms with Gasteiger partial charge in [0.25, 0.3) is 0 Å². The molecular weight excluding hydrogens is 416 g/mol. The molecule has 1 saturated heterocycles. The first-order valence-electron chi connectivity index (χ1n) is 12.6. The van der Waals surface area contributed by atoms with E-state index in [1.54, 1.807) is 6.08 Å². The fourth-order valence-corrected chi connectivity index (χ4v) is 5.45. The topological polar surface area (TPSA) is 61.8 Å². The van der Waals surface area contributed by atoms with Crippen LogP contribution in [-0.2, 0) is 23.8 Å². The van der Waals surface area contributed by atoms with E-state index in [0.29, 0.717) is 24.7 Å². The number of allylic oxidation sites excluding steroid dienone is 3. The third-order valence-corrected chi connectivity index (χ3v) is 7.35. The Morgan fingerprint density at radius 1 is 1.27 bits per heavy atom. The number of fused-ring (bicyclic) bond motifs is 1. The second-order valence-corrected chi connectivity index (χ2v) is 9.74. The largest absolute Gasteiger partial charge is 0.469 e. The van der Waals surface area contributed by atoms with Crippen molar-refractivity contribution in [3.05, 3.63) is 23.8 Å². The van der Waals surface area contributed by atoms with Gasteiger partial charge in [0, 0.05) is 31.3 Å². The van der Waals surface area contributed by atoms with Crippen molar-refractivity contribution in [2.75, 3.05) is 13.7 Å². The van der Waals surface area contributed by atoms with Gasteiger partial charge in [-0.3, -0.25) is 9.59 Å². The molecule has 0 bridgehead atoms. The van der Waals surface area contributed by atoms with Crippen molar-refractivity contribution in [3.63, 3.8) is 0 Å². The van der Waals surface area contributed by atoms with E-state index in [1.165, 1.54) is 12.7 Å². The first kappa shape index (κ1) is 25.7. The summed E-state index contributed by atoms with van der Waals surface area (Å²) >= 11 is 0. The average molecular weight is 457 g/mol. The third kappa shape index (κ3) is 7.55. The maximum Gasteiger partial charge on any atom is 0.305 e. The molecule has 0 aromatic carbocycles. The van der Waals surface area contributed by atoms with Gasteiger partial charge in [0.2, 0.25) is 0 Å². The van der Waals surface area contributed by atoms with E-state index in [1.807, 2.05) is 13.8 Å². The van der Waals surface area contributed by atoms with E-state index in [2.05, 4.69) is 24.0 Å². The van der Waals surface area contributed by atoms with Gasteiger partial charge in [-0.1, -0.05) is 24.6 Å². The molecule has 3 unspecified atom stereocenters. The Balaban J connectivity index is 1.63. The first-order valence-corrected chi connectivity index (χ1v) is 12.6. The number of methoxy groups -OCH3 is 1. The lowest BCUT2D eigenvalue weighted by Crippen LogP contribution is -2.30. The normalized spacial score (nSPS) is 31.2. The number of ketones is 1. The first-order chi connectivity index (χ1) is 16.0. The summed E-state index contributed by atoms with van der Waals surface area (Å²) < 4.78 is 17.0. The molecule has 3 fully saturated rings. The number of hydrogen-bond donors (Lipinski definition) is 0. The molecule has 6 atom stereocenters. The van der Waals surface area contributed by atoms with Crippen molar-refractivity contribution in [2.45, 2.75) is 90.4 Å². The summed E-state index contributed by atoms with van der Waals surface area (Å²) in [5.74, 6) is 7.12. The van der Waals surface area contributed by atoms with Gasteiger partial charge >= 0.3 is 5.97 Å². The summed E-state index contributed by atoms with van der Waals surface area (Å²) in [6.07, 6.45) is 15.4. The number of ether oxygens (including phenoxy) is 3. The molecule has 1 heterocycles. The lowest BCUT2D eigenvalue weighted by atomic mass is 9.89. The molecule has 5 heteroatoms. The highest BCUT2D eigenvalue weighted by atomic mass is 16.7. The van der Waals surface area contributed by atoms with Crippen LogP contribution in [0.15, 0.2) is 23.8 Å². The van der Waals surface area contributed by atoms with Crippen LogP contribution < -0.4 is 0 Å². The molecular formula is C28H40O5. The number of unbranched alkanes of at least 4 members (excludes halogenated alkanes) is 1. The molecule has 2 aliphatic carbocycles. The molecule has 0 aromatic heterocycles. The van der Waals surface area contributed by atoms with Gasteiger partial charge in [-0.2, -0.15) is 0 Å². The number of carbonyl (C=O) groups excluding carboxylic acids is 2. The van der Waals surface area contributed by atoms with Crippen LogP contribution in [0.2, 0.25) is 0 Å². The molecule has 0 N–H and O–H groups in total. The lowest BCUT2D eigenvalue weighted by molar-refractivity contribution is -0.193. The fourth-order valence-electron chi connectivity index (χ4n) is 5.45. The highest BCUT2D eigenvalue weighted by molar-refractivity contribution is 5.91. The summed E-state index contributed by atoms with van der Waals surface area (Å²) in [6.45, 7) is 4.53. The van der Waals surface area contributed by atoms with Crippen LogP contribution in [-0.4, -0.2) is 37.9 Å². The van der Waals surface area contributed by atoms with Crippen molar-refractivity contribution in [1.29, 1.82) is 0 Å². The molecule has 3 rings (SSSR count). The Hall–Kier alpha value is -1.90. The van der Waals surface area contributed by atoms with Crippen molar-refractivity contribution >= 4 is 11.8 Å². The number of rotatable bonds is 10. The van der Waals surface area contributed by atoms with Crippen LogP contribution in [0.4, 0.5) is 0 Å². The molecule has 182 valence electrons. The molecule has 1 aliphatic heterocycles. The second kappa shape index (κ2) is 13.1. The minimum Gasteiger partial charge on any atom is -0.469 e. The molecule has 0 radical (unpaired) electrons. The van der Waals surface area contributed by atoms with Gasteiger partial charge < -0.3 is 14.2 Å². The van der Waals surface area contributed by atoms with E-state index in [4.69, 9.17) is 14.2 Å². The lowest BCUT2D eigenvalue weighted by Gasteiger charge is -2.29. The Kier molecular flexibility index (Phi) is 10.2. The van der Waals surface area contributed by atoms with Gasteiger partial charge in [0.05, 0.1) is 13.2 Å². The van der Waals surface area contributed by atoms with Crippen LogP contribution in [0.25, 0.3) is 0 Å². The van der Waals surface area contributed by atoms with E-state index in [0.717, 1.165) is 58.0 Å². The number of esters is 1. The van der Waals surface area contributed by atoms with Gasteiger partial charge in [-0.05, 0) is 76.2 Å². The van der Waals surface area contributed by atoms with Gasteiger partial charge in [-0.15, -0.1) is 11.8 Å². The Labute approximate surface area is 199 Å². The minimum absolute atomic E-state index is 0.0826. The van der Waals surface area contributed by atoms with Crippen LogP contribution in [0.5, 0.6) is 0 Å². The van der Waals surface area contributed by atoms with E-state index in [-0.39, 0.29) is 36.0 Å². The van der Waals surface area contributed by atoms with E-state index >= 15 is 0 Å². The van der Waals surface area contributed by atoms with Crippen molar-refractivity contribution < 1.29 is 23.8 Å². The van der Waals surface area contributed by atoms with Crippen molar-refractivity contribution in [3.8, 4) is 11.8 Å². The zero-order valence-corrected chi connectivity index (χ0v) is 20.5. The molecule has 2 saturated carbocycles. The zero-order chi connectivity index (χ0) is 23.6. The summed E-state index contributed by atoms with van der Waals surface area (Å²) in [7, 11) is 1.44. The quantitative estimate of drug-likeness (QED) is 0.145. The Bertz CT molecular complexity index is 780. The monoisotopic (exact) mass is 456 g/mol. The van der Waals surface area contributed by atoms with Crippen LogP contribution >= 0.6 is 0 Å². The summed E-state index contributed by atoms with van der Waals surface area (Å²) in [5, 5.41) is 0. The van der Waals surface area contributed by atoms with Gasteiger partial charge in [0.1, 0.15) is 0 Å². The molecule has 0 spiro atoms. The standard InChI is InChI=1S/C28H40O5/c1-4-5-10-20(2)25(29)15-14-23-24-18-21(11-6-7-12-27(30)31-3)17-22(24)19-26(23)33-28-13-8-9-16-32-28/h11,14-15,20,22-24,26,28H,6-10,12-13,16-19H2,1-3H3/b15-14+,21-11+/t20?,22?,23-,24+,26-,28?/m1/s1. The molecule has 33 heavy (non-hydrogen) atoms. The fraction of sp³-hybridized carbons (Fsp3) is 0.714. The number of hydrogen-bond acceptors (Lipinski definition) is 5. The summed E-state index contributed by atoms with van der Waals surface area (Å²) in [6, 6.07) is 0. The van der Waals surface area contributed by atoms with Gasteiger partial charge in [0.15, 0.2) is 12.1 Å². The zero-order valence-electron chi connectivity index (χ0n) is 20.5. The van der Waals surface area contributed by atoms with Crippen molar-refractivity contribution in [1.82, 2.24) is 0 Å². The van der Waals surface area contributed by atoms with Crippen molar-refractivity contribution in [2.24, 2.45) is 23.7 Å². The molecule has 0 amide bonds. The molecule has 0 aromatic rings. The maximum atomic E-state index is 12.6. The summed E-state index contributed by atoms with van der Waals surface area (Å²) in [4.78, 5) is 24.0. The average Bonchev–Trinajstić information content (AvgIpc) is 3.36. The predicted molar refractivity (Wildman–Crippen MR) is 128 cm³/mol. The Morgan fingerprint density at radius 3 is 2.85 bits per heavy atom. The highest BCUT2D eigenvalue weighted by Gasteiger charge is 2.47. The van der Waals surface area contributed by atoms with E-state index < -0.39 is 0 Å². The molecule has 3 aliphatic rings. The Morgan fingerprint density at radius 2 is 2.12 bits per heavy atom. The SMILES string of the molecule is CC#CCC(C)C(=O)/C=C/[C@H]1[C@H](OC2CCCCO2)CC2C/C(=C\CCCC(=O)OC)C[C@@H]21. The molecule has 5 nitrogen and oxygen atoms in total. The van der Waals surface area contributed by atoms with Gasteiger partial charge in [-0.25, -0.2) is 0 Å². The smallest absolute Gasteiger partial charge is 0.305 e. The van der Waals surface area contributed by atoms with Crippen LogP contribution in [0, 0.1) is 35.5 Å². The predicted octanol–water partition coefficient (Wildman–Crippen LogP) is 5.39. The van der Waals surface area contributed by atoms with Crippen LogP contribution in [0.1, 0.15) is 78.1 Å². The third-order valence-electron chi connectivity index (χ3n) is 7.35. The van der Waals surface area contributed by atoms with Crippen LogP contribution in [0.3, 0.4) is 0 Å². The minimum atomic E-state index is -0.143. The van der Waals surface area contributed by atoms with E-state index in [9.17, 15) is 9.59 Å². The summed E-state index contributed by atoms with van der Waals surface area (Å²) in [5.41, 5.74) is 1.48. The highest BCUT2D eigenvalue weighted by Crippen LogP contribution is 2.52. The maximum absolute atomic E-state index is 12.6. The number of carbonyl (C=O) groups is 2. The second-order valence-electron chi connectivity index (χ2n) is 9.74.